The maximum atomic E-state index is 13.8. The van der Waals surface area contributed by atoms with E-state index in [-0.39, 0.29) is 37.1 Å². The monoisotopic (exact) mass is 356 g/mol. The average molecular weight is 356 g/mol. The lowest BCUT2D eigenvalue weighted by atomic mass is 10.1. The van der Waals surface area contributed by atoms with Crippen molar-refractivity contribution in [2.24, 2.45) is 5.92 Å². The highest BCUT2D eigenvalue weighted by Gasteiger charge is 2.34. The third-order valence-corrected chi connectivity index (χ3v) is 4.34. The molecule has 0 bridgehead atoms. The molecule has 1 fully saturated rings. The smallest absolute Gasteiger partial charge is 0.229 e. The molecule has 2 aromatic carbocycles. The second kappa shape index (κ2) is 7.99. The van der Waals surface area contributed by atoms with Crippen LogP contribution in [0.3, 0.4) is 0 Å². The molecule has 2 aromatic rings. The summed E-state index contributed by atoms with van der Waals surface area (Å²) in [6.45, 7) is 2.95. The van der Waals surface area contributed by atoms with Crippen molar-refractivity contribution in [3.63, 3.8) is 0 Å². The Morgan fingerprint density at radius 1 is 1.23 bits per heavy atom. The first-order chi connectivity index (χ1) is 12.6. The number of nitrogens with zero attached hydrogens (tertiary/aromatic N) is 1. The van der Waals surface area contributed by atoms with Crippen molar-refractivity contribution < 1.29 is 18.7 Å². The van der Waals surface area contributed by atoms with E-state index in [9.17, 15) is 14.0 Å². The fourth-order valence-electron chi connectivity index (χ4n) is 2.98. The maximum absolute atomic E-state index is 13.8. The van der Waals surface area contributed by atoms with Crippen LogP contribution in [0.5, 0.6) is 5.75 Å². The van der Waals surface area contributed by atoms with E-state index in [0.717, 1.165) is 5.75 Å². The number of nitrogens with one attached hydrogen (secondary N) is 1. The van der Waals surface area contributed by atoms with Crippen LogP contribution in [-0.2, 0) is 16.1 Å². The Bertz CT molecular complexity index is 792. The number of hydrogen-bond donors (Lipinski definition) is 1. The summed E-state index contributed by atoms with van der Waals surface area (Å²) in [5.74, 6) is -0.403. The number of hydrogen-bond acceptors (Lipinski definition) is 3. The molecule has 5 nitrogen and oxygen atoms in total. The normalized spacial score (nSPS) is 16.6. The standard InChI is InChI=1S/C20H21FN2O3/c1-2-26-17-9-7-16(8-10-17)22-20(25)15-11-19(24)23(13-15)12-14-5-3-4-6-18(14)21/h3-10,15H,2,11-13H2,1H3,(H,22,25). The van der Waals surface area contributed by atoms with Crippen molar-refractivity contribution >= 4 is 17.5 Å². The van der Waals surface area contributed by atoms with Gasteiger partial charge in [0.25, 0.3) is 0 Å². The van der Waals surface area contributed by atoms with E-state index in [2.05, 4.69) is 5.32 Å². The van der Waals surface area contributed by atoms with E-state index < -0.39 is 5.92 Å². The minimum atomic E-state index is -0.444. The van der Waals surface area contributed by atoms with Gasteiger partial charge >= 0.3 is 0 Å². The SMILES string of the molecule is CCOc1ccc(NC(=O)C2CC(=O)N(Cc3ccccc3F)C2)cc1. The van der Waals surface area contributed by atoms with Gasteiger partial charge in [-0.1, -0.05) is 18.2 Å². The molecule has 0 spiro atoms. The summed E-state index contributed by atoms with van der Waals surface area (Å²) in [5.41, 5.74) is 1.10. The largest absolute Gasteiger partial charge is 0.494 e. The predicted octanol–water partition coefficient (Wildman–Crippen LogP) is 3.21. The van der Waals surface area contributed by atoms with Crippen molar-refractivity contribution in [1.82, 2.24) is 4.90 Å². The number of amides is 2. The van der Waals surface area contributed by atoms with E-state index in [1.807, 2.05) is 6.92 Å². The van der Waals surface area contributed by atoms with Crippen molar-refractivity contribution in [3.05, 3.63) is 59.9 Å². The van der Waals surface area contributed by atoms with Crippen LogP contribution >= 0.6 is 0 Å². The second-order valence-corrected chi connectivity index (χ2v) is 6.21. The minimum absolute atomic E-state index is 0.136. The van der Waals surface area contributed by atoms with Crippen LogP contribution in [0.25, 0.3) is 0 Å². The zero-order valence-corrected chi connectivity index (χ0v) is 14.6. The van der Waals surface area contributed by atoms with Gasteiger partial charge in [0.2, 0.25) is 11.8 Å². The summed E-state index contributed by atoms with van der Waals surface area (Å²) in [7, 11) is 0. The molecule has 0 aromatic heterocycles. The molecule has 1 unspecified atom stereocenters. The molecule has 0 aliphatic carbocycles. The number of likely N-dealkylation sites (tertiary alicyclic amines) is 1. The Hall–Kier alpha value is -2.89. The van der Waals surface area contributed by atoms with Gasteiger partial charge in [-0.3, -0.25) is 9.59 Å². The molecular weight excluding hydrogens is 335 g/mol. The van der Waals surface area contributed by atoms with E-state index in [1.54, 1.807) is 42.5 Å². The first-order valence-corrected chi connectivity index (χ1v) is 8.61. The van der Waals surface area contributed by atoms with Gasteiger partial charge < -0.3 is 15.0 Å². The number of carbonyl (C=O) groups excluding carboxylic acids is 2. The second-order valence-electron chi connectivity index (χ2n) is 6.21. The Kier molecular flexibility index (Phi) is 5.51. The molecule has 1 heterocycles. The number of carbonyl (C=O) groups is 2. The van der Waals surface area contributed by atoms with E-state index in [4.69, 9.17) is 4.74 Å². The summed E-state index contributed by atoms with van der Waals surface area (Å²) in [5, 5.41) is 2.82. The molecule has 1 N–H and O–H groups in total. The van der Waals surface area contributed by atoms with Gasteiger partial charge in [0, 0.05) is 30.8 Å². The van der Waals surface area contributed by atoms with E-state index >= 15 is 0 Å². The molecule has 1 atom stereocenters. The van der Waals surface area contributed by atoms with Gasteiger partial charge in [0.1, 0.15) is 11.6 Å². The van der Waals surface area contributed by atoms with Crippen molar-refractivity contribution in [2.45, 2.75) is 19.9 Å². The third-order valence-electron chi connectivity index (χ3n) is 4.34. The molecule has 0 radical (unpaired) electrons. The zero-order chi connectivity index (χ0) is 18.5. The summed E-state index contributed by atoms with van der Waals surface area (Å²) in [6.07, 6.45) is 0.136. The van der Waals surface area contributed by atoms with Gasteiger partial charge in [0.15, 0.2) is 0 Å². The highest BCUT2D eigenvalue weighted by molar-refractivity contribution is 5.97. The summed E-state index contributed by atoms with van der Waals surface area (Å²) in [6, 6.07) is 13.4. The molecule has 2 amide bonds. The van der Waals surface area contributed by atoms with Crippen molar-refractivity contribution in [1.29, 1.82) is 0 Å². The van der Waals surface area contributed by atoms with E-state index in [0.29, 0.717) is 17.9 Å². The molecule has 6 heteroatoms. The fraction of sp³-hybridized carbons (Fsp3) is 0.300. The first kappa shape index (κ1) is 17.9. The summed E-state index contributed by atoms with van der Waals surface area (Å²) >= 11 is 0. The topological polar surface area (TPSA) is 58.6 Å². The van der Waals surface area contributed by atoms with Crippen molar-refractivity contribution in [3.8, 4) is 5.75 Å². The molecule has 26 heavy (non-hydrogen) atoms. The van der Waals surface area contributed by atoms with Crippen LogP contribution in [0, 0.1) is 11.7 Å². The van der Waals surface area contributed by atoms with Crippen LogP contribution in [-0.4, -0.2) is 29.9 Å². The molecule has 0 saturated carbocycles. The number of anilines is 1. The number of benzene rings is 2. The highest BCUT2D eigenvalue weighted by atomic mass is 19.1. The highest BCUT2D eigenvalue weighted by Crippen LogP contribution is 2.23. The minimum Gasteiger partial charge on any atom is -0.494 e. The lowest BCUT2D eigenvalue weighted by molar-refractivity contribution is -0.128. The van der Waals surface area contributed by atoms with Crippen LogP contribution in [0.1, 0.15) is 18.9 Å². The molecular formula is C20H21FN2O3. The zero-order valence-electron chi connectivity index (χ0n) is 14.6. The average Bonchev–Trinajstić information content (AvgIpc) is 3.00. The van der Waals surface area contributed by atoms with Gasteiger partial charge in [-0.05, 0) is 37.3 Å². The van der Waals surface area contributed by atoms with Crippen LogP contribution < -0.4 is 10.1 Å². The molecule has 1 aliphatic rings. The van der Waals surface area contributed by atoms with Gasteiger partial charge in [-0.15, -0.1) is 0 Å². The van der Waals surface area contributed by atoms with Crippen LogP contribution in [0.2, 0.25) is 0 Å². The van der Waals surface area contributed by atoms with Crippen LogP contribution in [0.15, 0.2) is 48.5 Å². The number of ether oxygens (including phenoxy) is 1. The predicted molar refractivity (Wildman–Crippen MR) is 96.2 cm³/mol. The fourth-order valence-corrected chi connectivity index (χ4v) is 2.98. The molecule has 136 valence electrons. The summed E-state index contributed by atoms with van der Waals surface area (Å²) < 4.78 is 19.1. The number of halogens is 1. The number of rotatable bonds is 6. The van der Waals surface area contributed by atoms with Gasteiger partial charge in [-0.2, -0.15) is 0 Å². The Balaban J connectivity index is 1.59. The Labute approximate surface area is 151 Å². The third kappa shape index (κ3) is 4.20. The van der Waals surface area contributed by atoms with Crippen LogP contribution in [0.4, 0.5) is 10.1 Å². The first-order valence-electron chi connectivity index (χ1n) is 8.61. The lowest BCUT2D eigenvalue weighted by Gasteiger charge is -2.17. The lowest BCUT2D eigenvalue weighted by Crippen LogP contribution is -2.28. The Morgan fingerprint density at radius 3 is 2.65 bits per heavy atom. The van der Waals surface area contributed by atoms with Gasteiger partial charge in [-0.25, -0.2) is 4.39 Å². The molecule has 3 rings (SSSR count). The summed E-state index contributed by atoms with van der Waals surface area (Å²) in [4.78, 5) is 26.1. The van der Waals surface area contributed by atoms with E-state index in [1.165, 1.54) is 11.0 Å². The van der Waals surface area contributed by atoms with Crippen molar-refractivity contribution in [2.75, 3.05) is 18.5 Å². The molecule has 1 saturated heterocycles. The molecule has 1 aliphatic heterocycles. The van der Waals surface area contributed by atoms with Gasteiger partial charge in [0.05, 0.1) is 12.5 Å². The maximum Gasteiger partial charge on any atom is 0.229 e. The quantitative estimate of drug-likeness (QED) is 0.865. The Morgan fingerprint density at radius 2 is 1.96 bits per heavy atom.